The summed E-state index contributed by atoms with van der Waals surface area (Å²) in [6, 6.07) is 1.77. The zero-order valence-electron chi connectivity index (χ0n) is 8.75. The molecule has 0 unspecified atom stereocenters. The molecule has 0 aromatic carbocycles. The van der Waals surface area contributed by atoms with Crippen LogP contribution in [0.2, 0.25) is 5.02 Å². The Kier molecular flexibility index (Phi) is 3.31. The van der Waals surface area contributed by atoms with Crippen LogP contribution in [0.1, 0.15) is 25.7 Å². The number of nitrogens with zero attached hydrogens (tertiary/aromatic N) is 2. The first kappa shape index (κ1) is 10.6. The van der Waals surface area contributed by atoms with Crippen LogP contribution in [0.15, 0.2) is 12.3 Å². The van der Waals surface area contributed by atoms with Gasteiger partial charge in [-0.05, 0) is 18.9 Å². The number of aromatic nitrogens is 1. The largest absolute Gasteiger partial charge is 0.397 e. The average Bonchev–Trinajstić information content (AvgIpc) is 2.46. The highest BCUT2D eigenvalue weighted by atomic mass is 35.5. The van der Waals surface area contributed by atoms with E-state index in [9.17, 15) is 0 Å². The van der Waals surface area contributed by atoms with E-state index in [4.69, 9.17) is 17.3 Å². The van der Waals surface area contributed by atoms with Gasteiger partial charge in [-0.3, -0.25) is 0 Å². The second-order valence-corrected chi connectivity index (χ2v) is 4.38. The number of nitrogens with two attached hydrogens (primary N) is 1. The third kappa shape index (κ3) is 2.53. The molecule has 1 aromatic heterocycles. The number of rotatable bonds is 1. The SMILES string of the molecule is Nc1cnc(N2CCCCCC2)c(Cl)c1. The van der Waals surface area contributed by atoms with Crippen molar-refractivity contribution in [2.45, 2.75) is 25.7 Å². The van der Waals surface area contributed by atoms with Gasteiger partial charge in [0.1, 0.15) is 5.82 Å². The molecule has 0 atom stereocenters. The van der Waals surface area contributed by atoms with Crippen LogP contribution < -0.4 is 10.6 Å². The summed E-state index contributed by atoms with van der Waals surface area (Å²) >= 11 is 6.13. The van der Waals surface area contributed by atoms with Crippen LogP contribution >= 0.6 is 11.6 Å². The smallest absolute Gasteiger partial charge is 0.147 e. The Bertz CT molecular complexity index is 333. The van der Waals surface area contributed by atoms with Gasteiger partial charge in [0, 0.05) is 13.1 Å². The van der Waals surface area contributed by atoms with E-state index in [1.807, 2.05) is 0 Å². The number of pyridine rings is 1. The van der Waals surface area contributed by atoms with Gasteiger partial charge in [0.05, 0.1) is 16.9 Å². The van der Waals surface area contributed by atoms with Crippen LogP contribution in [0.25, 0.3) is 0 Å². The number of anilines is 2. The molecule has 0 amide bonds. The highest BCUT2D eigenvalue weighted by Gasteiger charge is 2.13. The zero-order valence-corrected chi connectivity index (χ0v) is 9.50. The van der Waals surface area contributed by atoms with Crippen LogP contribution in [0.5, 0.6) is 0 Å². The van der Waals surface area contributed by atoms with E-state index in [0.29, 0.717) is 10.7 Å². The van der Waals surface area contributed by atoms with E-state index in [1.165, 1.54) is 25.7 Å². The van der Waals surface area contributed by atoms with E-state index in [-0.39, 0.29) is 0 Å². The molecule has 1 saturated heterocycles. The molecule has 3 nitrogen and oxygen atoms in total. The molecule has 0 radical (unpaired) electrons. The Hall–Kier alpha value is -0.960. The monoisotopic (exact) mass is 225 g/mol. The van der Waals surface area contributed by atoms with Crippen molar-refractivity contribution in [3.05, 3.63) is 17.3 Å². The molecule has 1 aliphatic heterocycles. The Morgan fingerprint density at radius 2 is 1.87 bits per heavy atom. The van der Waals surface area contributed by atoms with Crippen LogP contribution in [-0.4, -0.2) is 18.1 Å². The van der Waals surface area contributed by atoms with Gasteiger partial charge in [0.25, 0.3) is 0 Å². The van der Waals surface area contributed by atoms with Gasteiger partial charge in [-0.25, -0.2) is 4.98 Å². The molecule has 1 fully saturated rings. The fourth-order valence-electron chi connectivity index (χ4n) is 1.96. The molecule has 4 heteroatoms. The average molecular weight is 226 g/mol. The van der Waals surface area contributed by atoms with Crippen LogP contribution in [0.3, 0.4) is 0 Å². The normalized spacial score (nSPS) is 17.5. The molecular weight excluding hydrogens is 210 g/mol. The molecule has 0 saturated carbocycles. The summed E-state index contributed by atoms with van der Waals surface area (Å²) in [4.78, 5) is 6.57. The molecule has 2 heterocycles. The van der Waals surface area contributed by atoms with Crippen molar-refractivity contribution in [1.29, 1.82) is 0 Å². The molecule has 0 bridgehead atoms. The van der Waals surface area contributed by atoms with Crippen LogP contribution in [0, 0.1) is 0 Å². The lowest BCUT2D eigenvalue weighted by molar-refractivity contribution is 0.726. The molecule has 2 N–H and O–H groups in total. The van der Waals surface area contributed by atoms with Crippen molar-refractivity contribution in [2.75, 3.05) is 23.7 Å². The van der Waals surface area contributed by atoms with Gasteiger partial charge in [-0.2, -0.15) is 0 Å². The van der Waals surface area contributed by atoms with Crippen LogP contribution in [-0.2, 0) is 0 Å². The predicted octanol–water partition coefficient (Wildman–Crippen LogP) is 2.70. The highest BCUT2D eigenvalue weighted by molar-refractivity contribution is 6.33. The molecule has 15 heavy (non-hydrogen) atoms. The fraction of sp³-hybridized carbons (Fsp3) is 0.545. The maximum atomic E-state index is 6.13. The lowest BCUT2D eigenvalue weighted by atomic mass is 10.2. The van der Waals surface area contributed by atoms with E-state index >= 15 is 0 Å². The van der Waals surface area contributed by atoms with E-state index < -0.39 is 0 Å². The second-order valence-electron chi connectivity index (χ2n) is 3.98. The Morgan fingerprint density at radius 3 is 2.47 bits per heavy atom. The van der Waals surface area contributed by atoms with Gasteiger partial charge < -0.3 is 10.6 Å². The summed E-state index contributed by atoms with van der Waals surface area (Å²) < 4.78 is 0. The highest BCUT2D eigenvalue weighted by Crippen LogP contribution is 2.26. The predicted molar refractivity (Wildman–Crippen MR) is 64.3 cm³/mol. The number of nitrogen functional groups attached to an aromatic ring is 1. The molecule has 0 spiro atoms. The Labute approximate surface area is 95.2 Å². The van der Waals surface area contributed by atoms with E-state index in [0.717, 1.165) is 18.9 Å². The van der Waals surface area contributed by atoms with Crippen molar-refractivity contribution in [3.8, 4) is 0 Å². The maximum Gasteiger partial charge on any atom is 0.147 e. The molecule has 0 aliphatic carbocycles. The minimum absolute atomic E-state index is 0.624. The van der Waals surface area contributed by atoms with Crippen LogP contribution in [0.4, 0.5) is 11.5 Å². The molecule has 1 aliphatic rings. The van der Waals surface area contributed by atoms with Gasteiger partial charge >= 0.3 is 0 Å². The van der Waals surface area contributed by atoms with Gasteiger partial charge in [0.2, 0.25) is 0 Å². The summed E-state index contributed by atoms with van der Waals surface area (Å²) in [7, 11) is 0. The molecular formula is C11H16ClN3. The van der Waals surface area contributed by atoms with Crippen molar-refractivity contribution < 1.29 is 0 Å². The minimum atomic E-state index is 0.624. The van der Waals surface area contributed by atoms with Gasteiger partial charge in [-0.1, -0.05) is 24.4 Å². The first-order valence-electron chi connectivity index (χ1n) is 5.43. The summed E-state index contributed by atoms with van der Waals surface area (Å²) in [5, 5.41) is 0.664. The van der Waals surface area contributed by atoms with Gasteiger partial charge in [-0.15, -0.1) is 0 Å². The zero-order chi connectivity index (χ0) is 10.7. The van der Waals surface area contributed by atoms with Gasteiger partial charge in [0.15, 0.2) is 0 Å². The summed E-state index contributed by atoms with van der Waals surface area (Å²) in [5.74, 6) is 0.882. The Balaban J connectivity index is 2.19. The van der Waals surface area contributed by atoms with Crippen molar-refractivity contribution in [3.63, 3.8) is 0 Å². The number of halogens is 1. The third-order valence-electron chi connectivity index (χ3n) is 2.75. The van der Waals surface area contributed by atoms with E-state index in [1.54, 1.807) is 12.3 Å². The van der Waals surface area contributed by atoms with Crippen molar-refractivity contribution in [2.24, 2.45) is 0 Å². The lowest BCUT2D eigenvalue weighted by Gasteiger charge is -2.22. The molecule has 1 aromatic rings. The lowest BCUT2D eigenvalue weighted by Crippen LogP contribution is -2.25. The quantitative estimate of drug-likeness (QED) is 0.799. The first-order valence-corrected chi connectivity index (χ1v) is 5.81. The first-order chi connectivity index (χ1) is 7.27. The second kappa shape index (κ2) is 4.71. The molecule has 82 valence electrons. The van der Waals surface area contributed by atoms with Crippen molar-refractivity contribution >= 4 is 23.1 Å². The Morgan fingerprint density at radius 1 is 1.20 bits per heavy atom. The minimum Gasteiger partial charge on any atom is -0.397 e. The maximum absolute atomic E-state index is 6.13. The van der Waals surface area contributed by atoms with Crippen molar-refractivity contribution in [1.82, 2.24) is 4.98 Å². The number of hydrogen-bond donors (Lipinski definition) is 1. The standard InChI is InChI=1S/C11H16ClN3/c12-10-7-9(13)8-14-11(10)15-5-3-1-2-4-6-15/h7-8H,1-6,13H2. The summed E-state index contributed by atoms with van der Waals surface area (Å²) in [5.41, 5.74) is 6.25. The summed E-state index contributed by atoms with van der Waals surface area (Å²) in [6.45, 7) is 2.10. The van der Waals surface area contributed by atoms with E-state index in [2.05, 4.69) is 9.88 Å². The topological polar surface area (TPSA) is 42.1 Å². The number of hydrogen-bond acceptors (Lipinski definition) is 3. The fourth-order valence-corrected chi connectivity index (χ4v) is 2.25. The molecule has 2 rings (SSSR count). The summed E-state index contributed by atoms with van der Waals surface area (Å²) in [6.07, 6.45) is 6.74. The third-order valence-corrected chi connectivity index (χ3v) is 3.03.